The molecule has 1 amide bonds. The average molecular weight is 310 g/mol. The first kappa shape index (κ1) is 14.4. The van der Waals surface area contributed by atoms with Crippen LogP contribution in [-0.2, 0) is 0 Å². The Labute approximate surface area is 132 Å². The van der Waals surface area contributed by atoms with Gasteiger partial charge in [-0.2, -0.15) is 0 Å². The summed E-state index contributed by atoms with van der Waals surface area (Å²) in [5.74, 6) is -0.458. The van der Waals surface area contributed by atoms with E-state index in [1.165, 1.54) is 0 Å². The van der Waals surface area contributed by atoms with Crippen LogP contribution < -0.4 is 5.32 Å². The number of phenolic OH excluding ortho intramolecular Hbond substituents is 1. The molecule has 0 saturated heterocycles. The van der Waals surface area contributed by atoms with Crippen molar-refractivity contribution >= 4 is 34.3 Å². The molecule has 3 rings (SSSR count). The van der Waals surface area contributed by atoms with Crippen molar-refractivity contribution in [3.63, 3.8) is 0 Å². The number of aromatic hydroxyl groups is 1. The van der Waals surface area contributed by atoms with Gasteiger partial charge < -0.3 is 10.4 Å². The minimum absolute atomic E-state index is 0.100. The molecule has 4 nitrogen and oxygen atoms in total. The number of benzene rings is 2. The van der Waals surface area contributed by atoms with Crippen molar-refractivity contribution in [1.29, 1.82) is 0 Å². The monoisotopic (exact) mass is 310 g/mol. The van der Waals surface area contributed by atoms with Gasteiger partial charge in [0.2, 0.25) is 0 Å². The van der Waals surface area contributed by atoms with Crippen LogP contribution in [0.3, 0.4) is 0 Å². The van der Waals surface area contributed by atoms with Gasteiger partial charge in [0.15, 0.2) is 5.75 Å². The summed E-state index contributed by atoms with van der Waals surface area (Å²) in [6, 6.07) is 14.6. The van der Waals surface area contributed by atoms with Crippen LogP contribution in [0.1, 0.15) is 10.4 Å². The van der Waals surface area contributed by atoms with Gasteiger partial charge in [-0.25, -0.2) is 0 Å². The molecule has 2 aromatic carbocycles. The topological polar surface area (TPSA) is 62.2 Å². The first-order valence-electron chi connectivity index (χ1n) is 6.71. The summed E-state index contributed by atoms with van der Waals surface area (Å²) in [5, 5.41) is 13.9. The molecular weight excluding hydrogens is 296 g/mol. The van der Waals surface area contributed by atoms with Crippen LogP contribution in [0, 0.1) is 0 Å². The number of thioether (sulfide) groups is 1. The number of carbonyl (C=O) groups is 1. The number of hydrogen-bond acceptors (Lipinski definition) is 4. The zero-order valence-electron chi connectivity index (χ0n) is 11.9. The number of aromatic nitrogens is 1. The molecule has 1 heterocycles. The molecule has 0 saturated carbocycles. The van der Waals surface area contributed by atoms with Crippen molar-refractivity contribution in [1.82, 2.24) is 4.98 Å². The number of rotatable bonds is 3. The molecule has 0 spiro atoms. The number of pyridine rings is 1. The van der Waals surface area contributed by atoms with Crippen LogP contribution in [0.25, 0.3) is 10.9 Å². The van der Waals surface area contributed by atoms with Crippen LogP contribution in [0.5, 0.6) is 5.75 Å². The van der Waals surface area contributed by atoms with E-state index in [9.17, 15) is 9.90 Å². The summed E-state index contributed by atoms with van der Waals surface area (Å²) in [6.07, 6.45) is 3.56. The van der Waals surface area contributed by atoms with E-state index in [1.807, 2.05) is 36.6 Å². The van der Waals surface area contributed by atoms with E-state index in [0.717, 1.165) is 10.3 Å². The van der Waals surface area contributed by atoms with Gasteiger partial charge in [0.1, 0.15) is 5.52 Å². The summed E-state index contributed by atoms with van der Waals surface area (Å²) in [5.41, 5.74) is 1.33. The SMILES string of the molecule is CSc1cccc(NC(=O)c2ccc3cccnc3c2O)c1. The molecule has 22 heavy (non-hydrogen) atoms. The molecule has 3 aromatic rings. The largest absolute Gasteiger partial charge is 0.505 e. The van der Waals surface area contributed by atoms with E-state index in [0.29, 0.717) is 11.2 Å². The molecular formula is C17H14N2O2S. The number of carbonyl (C=O) groups excluding carboxylic acids is 1. The molecule has 0 aliphatic rings. The van der Waals surface area contributed by atoms with Crippen molar-refractivity contribution in [2.75, 3.05) is 11.6 Å². The summed E-state index contributed by atoms with van der Waals surface area (Å²) in [7, 11) is 0. The number of phenols is 1. The van der Waals surface area contributed by atoms with E-state index in [2.05, 4.69) is 10.3 Å². The van der Waals surface area contributed by atoms with E-state index >= 15 is 0 Å². The maximum atomic E-state index is 12.4. The fourth-order valence-electron chi connectivity index (χ4n) is 2.21. The van der Waals surface area contributed by atoms with E-state index in [1.54, 1.807) is 36.2 Å². The number of nitrogens with one attached hydrogen (secondary N) is 1. The Morgan fingerprint density at radius 1 is 1.18 bits per heavy atom. The third-order valence-corrected chi connectivity index (χ3v) is 4.05. The molecule has 110 valence electrons. The highest BCUT2D eigenvalue weighted by atomic mass is 32.2. The normalized spacial score (nSPS) is 10.6. The van der Waals surface area contributed by atoms with Crippen molar-refractivity contribution in [3.8, 4) is 5.75 Å². The molecule has 0 fully saturated rings. The van der Waals surface area contributed by atoms with Gasteiger partial charge in [-0.1, -0.05) is 18.2 Å². The Bertz CT molecular complexity index is 849. The maximum Gasteiger partial charge on any atom is 0.259 e. The Kier molecular flexibility index (Phi) is 3.98. The zero-order chi connectivity index (χ0) is 15.5. The second-order valence-electron chi connectivity index (χ2n) is 4.72. The molecule has 0 bridgehead atoms. The quantitative estimate of drug-likeness (QED) is 0.720. The van der Waals surface area contributed by atoms with E-state index < -0.39 is 0 Å². The van der Waals surface area contributed by atoms with Crippen LogP contribution >= 0.6 is 11.8 Å². The summed E-state index contributed by atoms with van der Waals surface area (Å²) in [4.78, 5) is 17.6. The predicted octanol–water partition coefficient (Wildman–Crippen LogP) is 3.91. The lowest BCUT2D eigenvalue weighted by Crippen LogP contribution is -2.12. The first-order chi connectivity index (χ1) is 10.7. The third kappa shape index (κ3) is 2.76. The summed E-state index contributed by atoms with van der Waals surface area (Å²) in [6.45, 7) is 0. The highest BCUT2D eigenvalue weighted by molar-refractivity contribution is 7.98. The lowest BCUT2D eigenvalue weighted by Gasteiger charge is -2.09. The third-order valence-electron chi connectivity index (χ3n) is 3.32. The molecule has 0 aliphatic heterocycles. The average Bonchev–Trinajstić information content (AvgIpc) is 2.55. The van der Waals surface area contributed by atoms with Gasteiger partial charge in [-0.3, -0.25) is 9.78 Å². The number of nitrogens with zero attached hydrogens (tertiary/aromatic N) is 1. The second-order valence-corrected chi connectivity index (χ2v) is 5.60. The fraction of sp³-hybridized carbons (Fsp3) is 0.0588. The molecule has 0 atom stereocenters. The van der Waals surface area contributed by atoms with Crippen LogP contribution in [0.4, 0.5) is 5.69 Å². The first-order valence-corrected chi connectivity index (χ1v) is 7.93. The Hall–Kier alpha value is -2.53. The van der Waals surface area contributed by atoms with Crippen LogP contribution in [0.15, 0.2) is 59.6 Å². The number of anilines is 1. The minimum atomic E-state index is -0.358. The highest BCUT2D eigenvalue weighted by Crippen LogP contribution is 2.27. The van der Waals surface area contributed by atoms with Crippen molar-refractivity contribution < 1.29 is 9.90 Å². The van der Waals surface area contributed by atoms with Crippen LogP contribution in [0.2, 0.25) is 0 Å². The second kappa shape index (κ2) is 6.07. The molecule has 2 N–H and O–H groups in total. The van der Waals surface area contributed by atoms with Gasteiger partial charge in [0, 0.05) is 22.2 Å². The van der Waals surface area contributed by atoms with Crippen molar-refractivity contribution in [2.45, 2.75) is 4.90 Å². The van der Waals surface area contributed by atoms with Crippen molar-refractivity contribution in [3.05, 3.63) is 60.3 Å². The predicted molar refractivity (Wildman–Crippen MR) is 89.6 cm³/mol. The number of hydrogen-bond donors (Lipinski definition) is 2. The molecule has 0 radical (unpaired) electrons. The molecule has 0 unspecified atom stereocenters. The number of amides is 1. The van der Waals surface area contributed by atoms with Crippen molar-refractivity contribution in [2.24, 2.45) is 0 Å². The summed E-state index contributed by atoms with van der Waals surface area (Å²) < 4.78 is 0. The molecule has 5 heteroatoms. The fourth-order valence-corrected chi connectivity index (χ4v) is 2.67. The smallest absolute Gasteiger partial charge is 0.259 e. The van der Waals surface area contributed by atoms with E-state index in [4.69, 9.17) is 0 Å². The zero-order valence-corrected chi connectivity index (χ0v) is 12.7. The van der Waals surface area contributed by atoms with E-state index in [-0.39, 0.29) is 17.2 Å². The number of fused-ring (bicyclic) bond motifs is 1. The molecule has 1 aromatic heterocycles. The van der Waals surface area contributed by atoms with Crippen LogP contribution in [-0.4, -0.2) is 22.3 Å². The lowest BCUT2D eigenvalue weighted by molar-refractivity contribution is 0.102. The maximum absolute atomic E-state index is 12.4. The Balaban J connectivity index is 1.93. The minimum Gasteiger partial charge on any atom is -0.505 e. The van der Waals surface area contributed by atoms with Gasteiger partial charge in [0.25, 0.3) is 5.91 Å². The lowest BCUT2D eigenvalue weighted by atomic mass is 10.1. The Morgan fingerprint density at radius 2 is 2.05 bits per heavy atom. The summed E-state index contributed by atoms with van der Waals surface area (Å²) >= 11 is 1.60. The molecule has 0 aliphatic carbocycles. The highest BCUT2D eigenvalue weighted by Gasteiger charge is 2.14. The van der Waals surface area contributed by atoms with Gasteiger partial charge in [0.05, 0.1) is 5.56 Å². The van der Waals surface area contributed by atoms with Gasteiger partial charge in [-0.15, -0.1) is 11.8 Å². The van der Waals surface area contributed by atoms with Gasteiger partial charge in [-0.05, 0) is 36.6 Å². The standard InChI is InChI=1S/C17H14N2O2S/c1-22-13-6-2-5-12(10-13)19-17(21)14-8-7-11-4-3-9-18-15(11)16(14)20/h2-10,20H,1H3,(H,19,21). The Morgan fingerprint density at radius 3 is 2.86 bits per heavy atom. The van der Waals surface area contributed by atoms with Gasteiger partial charge >= 0.3 is 0 Å².